The lowest BCUT2D eigenvalue weighted by atomic mass is 9.94. The predicted octanol–water partition coefficient (Wildman–Crippen LogP) is 2.76. The summed E-state index contributed by atoms with van der Waals surface area (Å²) in [6.45, 7) is 7.49. The van der Waals surface area contributed by atoms with Gasteiger partial charge in [0.25, 0.3) is 0 Å². The third-order valence-corrected chi connectivity index (χ3v) is 2.35. The predicted molar refractivity (Wildman–Crippen MR) is 69.7 cm³/mol. The van der Waals surface area contributed by atoms with Gasteiger partial charge in [-0.15, -0.1) is 12.4 Å². The van der Waals surface area contributed by atoms with Gasteiger partial charge in [0.15, 0.2) is 0 Å². The van der Waals surface area contributed by atoms with Gasteiger partial charge in [-0.3, -0.25) is 4.79 Å². The summed E-state index contributed by atoms with van der Waals surface area (Å²) in [6, 6.07) is 0. The van der Waals surface area contributed by atoms with Crippen molar-refractivity contribution >= 4 is 18.4 Å². The van der Waals surface area contributed by atoms with Crippen molar-refractivity contribution in [2.75, 3.05) is 13.2 Å². The molecule has 0 aliphatic rings. The van der Waals surface area contributed by atoms with Gasteiger partial charge in [-0.05, 0) is 31.2 Å². The summed E-state index contributed by atoms with van der Waals surface area (Å²) in [5, 5.41) is 0. The van der Waals surface area contributed by atoms with Crippen LogP contribution in [0.15, 0.2) is 0 Å². The van der Waals surface area contributed by atoms with Crippen LogP contribution in [0, 0.1) is 11.8 Å². The van der Waals surface area contributed by atoms with Crippen molar-refractivity contribution < 1.29 is 9.53 Å². The van der Waals surface area contributed by atoms with Crippen molar-refractivity contribution in [3.05, 3.63) is 0 Å². The maximum absolute atomic E-state index is 11.4. The van der Waals surface area contributed by atoms with Gasteiger partial charge in [0, 0.05) is 6.42 Å². The molecule has 3 nitrogen and oxygen atoms in total. The van der Waals surface area contributed by atoms with E-state index in [9.17, 15) is 4.79 Å². The van der Waals surface area contributed by atoms with Crippen molar-refractivity contribution in [3.63, 3.8) is 0 Å². The third kappa shape index (κ3) is 10.2. The van der Waals surface area contributed by atoms with Crippen LogP contribution in [0.4, 0.5) is 0 Å². The van der Waals surface area contributed by atoms with Crippen LogP contribution in [0.2, 0.25) is 0 Å². The van der Waals surface area contributed by atoms with E-state index < -0.39 is 0 Å². The number of hydrogen-bond acceptors (Lipinski definition) is 3. The van der Waals surface area contributed by atoms with Gasteiger partial charge in [-0.25, -0.2) is 0 Å². The van der Waals surface area contributed by atoms with Gasteiger partial charge >= 0.3 is 5.97 Å². The van der Waals surface area contributed by atoms with E-state index in [4.69, 9.17) is 10.5 Å². The first-order valence-corrected chi connectivity index (χ1v) is 5.95. The van der Waals surface area contributed by atoms with Gasteiger partial charge in [-0.1, -0.05) is 27.2 Å². The SMILES string of the molecule is CCCCOC(=O)C[C@@H](CN)CC(C)C.Cl. The highest BCUT2D eigenvalue weighted by Gasteiger charge is 2.14. The molecule has 0 fully saturated rings. The number of rotatable bonds is 8. The van der Waals surface area contributed by atoms with Crippen LogP contribution in [-0.4, -0.2) is 19.1 Å². The highest BCUT2D eigenvalue weighted by Crippen LogP contribution is 2.14. The smallest absolute Gasteiger partial charge is 0.306 e. The molecule has 0 saturated heterocycles. The molecule has 98 valence electrons. The fourth-order valence-electron chi connectivity index (χ4n) is 1.55. The number of nitrogens with two attached hydrogens (primary N) is 1. The first-order valence-electron chi connectivity index (χ1n) is 5.95. The van der Waals surface area contributed by atoms with Crippen LogP contribution >= 0.6 is 12.4 Å². The molecule has 0 bridgehead atoms. The highest BCUT2D eigenvalue weighted by atomic mass is 35.5. The van der Waals surface area contributed by atoms with E-state index in [1.807, 2.05) is 0 Å². The Kier molecular flexibility index (Phi) is 12.7. The second-order valence-corrected chi connectivity index (χ2v) is 4.51. The van der Waals surface area contributed by atoms with Gasteiger partial charge in [0.05, 0.1) is 6.61 Å². The highest BCUT2D eigenvalue weighted by molar-refractivity contribution is 5.85. The van der Waals surface area contributed by atoms with Gasteiger partial charge in [0.2, 0.25) is 0 Å². The standard InChI is InChI=1S/C12H25NO2.ClH/c1-4-5-6-15-12(14)8-11(9-13)7-10(2)3;/h10-11H,4-9,13H2,1-3H3;1H/t11-;/m0./s1. The number of ether oxygens (including phenoxy) is 1. The normalized spacial score (nSPS) is 12.1. The molecule has 0 saturated carbocycles. The lowest BCUT2D eigenvalue weighted by Gasteiger charge is -2.15. The van der Waals surface area contributed by atoms with Gasteiger partial charge in [-0.2, -0.15) is 0 Å². The number of unbranched alkanes of at least 4 members (excludes halogenated alkanes) is 1. The average molecular weight is 252 g/mol. The Balaban J connectivity index is 0. The van der Waals surface area contributed by atoms with Gasteiger partial charge < -0.3 is 10.5 Å². The number of hydrogen-bond donors (Lipinski definition) is 1. The summed E-state index contributed by atoms with van der Waals surface area (Å²) in [5.74, 6) is 0.765. The molecule has 0 spiro atoms. The van der Waals surface area contributed by atoms with E-state index in [0.717, 1.165) is 19.3 Å². The topological polar surface area (TPSA) is 52.3 Å². The molecule has 1 atom stereocenters. The Labute approximate surface area is 106 Å². The monoisotopic (exact) mass is 251 g/mol. The Hall–Kier alpha value is -0.280. The number of carbonyl (C=O) groups is 1. The maximum Gasteiger partial charge on any atom is 0.306 e. The largest absolute Gasteiger partial charge is 0.466 e. The average Bonchev–Trinajstić information content (AvgIpc) is 2.16. The minimum atomic E-state index is -0.0976. The van der Waals surface area contributed by atoms with Crippen molar-refractivity contribution in [2.24, 2.45) is 17.6 Å². The van der Waals surface area contributed by atoms with Crippen LogP contribution in [0.1, 0.15) is 46.5 Å². The summed E-state index contributed by atoms with van der Waals surface area (Å²) >= 11 is 0. The van der Waals surface area contributed by atoms with E-state index in [-0.39, 0.29) is 24.3 Å². The first kappa shape index (κ1) is 18.1. The molecule has 0 aliphatic carbocycles. The summed E-state index contributed by atoms with van der Waals surface area (Å²) in [4.78, 5) is 11.4. The van der Waals surface area contributed by atoms with Crippen molar-refractivity contribution in [1.82, 2.24) is 0 Å². The Morgan fingerprint density at radius 2 is 2.00 bits per heavy atom. The maximum atomic E-state index is 11.4. The van der Waals surface area contributed by atoms with Crippen molar-refractivity contribution in [1.29, 1.82) is 0 Å². The minimum absolute atomic E-state index is 0. The van der Waals surface area contributed by atoms with Crippen LogP contribution in [0.5, 0.6) is 0 Å². The van der Waals surface area contributed by atoms with E-state index in [1.165, 1.54) is 0 Å². The fourth-order valence-corrected chi connectivity index (χ4v) is 1.55. The van der Waals surface area contributed by atoms with E-state index >= 15 is 0 Å². The molecule has 16 heavy (non-hydrogen) atoms. The van der Waals surface area contributed by atoms with Crippen LogP contribution in [-0.2, 0) is 9.53 Å². The zero-order chi connectivity index (χ0) is 11.7. The van der Waals surface area contributed by atoms with Crippen LogP contribution < -0.4 is 5.73 Å². The zero-order valence-corrected chi connectivity index (χ0v) is 11.5. The van der Waals surface area contributed by atoms with Crippen molar-refractivity contribution in [2.45, 2.75) is 46.5 Å². The number of carbonyl (C=O) groups excluding carboxylic acids is 1. The molecule has 0 rings (SSSR count). The van der Waals surface area contributed by atoms with E-state index in [2.05, 4.69) is 20.8 Å². The Bertz CT molecular complexity index is 174. The quantitative estimate of drug-likeness (QED) is 0.533. The molecular formula is C12H26ClNO2. The van der Waals surface area contributed by atoms with Crippen LogP contribution in [0.3, 0.4) is 0 Å². The second kappa shape index (κ2) is 11.2. The summed E-state index contributed by atoms with van der Waals surface area (Å²) in [7, 11) is 0. The van der Waals surface area contributed by atoms with Gasteiger partial charge in [0.1, 0.15) is 0 Å². The molecular weight excluding hydrogens is 226 g/mol. The summed E-state index contributed by atoms with van der Waals surface area (Å²) in [5.41, 5.74) is 5.62. The molecule has 4 heteroatoms. The molecule has 0 aromatic carbocycles. The summed E-state index contributed by atoms with van der Waals surface area (Å²) in [6.07, 6.45) is 3.47. The number of halogens is 1. The van der Waals surface area contributed by atoms with E-state index in [1.54, 1.807) is 0 Å². The van der Waals surface area contributed by atoms with Crippen LogP contribution in [0.25, 0.3) is 0 Å². The molecule has 0 aromatic heterocycles. The van der Waals surface area contributed by atoms with E-state index in [0.29, 0.717) is 25.5 Å². The number of esters is 1. The minimum Gasteiger partial charge on any atom is -0.466 e. The third-order valence-electron chi connectivity index (χ3n) is 2.35. The molecule has 2 N–H and O–H groups in total. The fraction of sp³-hybridized carbons (Fsp3) is 0.917. The Morgan fingerprint density at radius 3 is 2.44 bits per heavy atom. The molecule has 0 heterocycles. The second-order valence-electron chi connectivity index (χ2n) is 4.51. The molecule has 0 radical (unpaired) electrons. The van der Waals surface area contributed by atoms with Crippen molar-refractivity contribution in [3.8, 4) is 0 Å². The molecule has 0 aliphatic heterocycles. The summed E-state index contributed by atoms with van der Waals surface area (Å²) < 4.78 is 5.10. The molecule has 0 unspecified atom stereocenters. The first-order chi connectivity index (χ1) is 7.10. The molecule has 0 aromatic rings. The lowest BCUT2D eigenvalue weighted by Crippen LogP contribution is -2.21. The lowest BCUT2D eigenvalue weighted by molar-refractivity contribution is -0.144. The molecule has 0 amide bonds. The zero-order valence-electron chi connectivity index (χ0n) is 10.7. The Morgan fingerprint density at radius 1 is 1.38 bits per heavy atom.